The minimum Gasteiger partial charge on any atom is -0.344 e. The Balaban J connectivity index is 2.72. The average Bonchev–Trinajstić information content (AvgIpc) is 2.47. The zero-order chi connectivity index (χ0) is 9.84. The van der Waals surface area contributed by atoms with Crippen LogP contribution in [0.15, 0.2) is 4.52 Å². The first-order valence-corrected chi connectivity index (χ1v) is 4.45. The summed E-state index contributed by atoms with van der Waals surface area (Å²) in [7, 11) is 0. The molecule has 13 heavy (non-hydrogen) atoms. The predicted molar refractivity (Wildman–Crippen MR) is 49.4 cm³/mol. The normalized spacial score (nSPS) is 12.5. The van der Waals surface area contributed by atoms with Gasteiger partial charge in [-0.3, -0.25) is 4.79 Å². The van der Waals surface area contributed by atoms with Crippen molar-refractivity contribution < 1.29 is 9.32 Å². The molecule has 0 radical (unpaired) electrons. The Morgan fingerprint density at radius 3 is 2.85 bits per heavy atom. The monoisotopic (exact) mass is 201 g/mol. The van der Waals surface area contributed by atoms with Crippen LogP contribution < -0.4 is 5.32 Å². The van der Waals surface area contributed by atoms with Crippen molar-refractivity contribution in [1.82, 2.24) is 15.5 Å². The predicted octanol–water partition coefficient (Wildman–Crippen LogP) is 0.485. The number of carbonyl (C=O) groups excluding carboxylic acids is 1. The molecule has 1 N–H and O–H groups in total. The van der Waals surface area contributed by atoms with Crippen LogP contribution in [0.2, 0.25) is 0 Å². The molecule has 0 saturated carbocycles. The van der Waals surface area contributed by atoms with E-state index in [-0.39, 0.29) is 11.9 Å². The molecular formula is C7H11N3O2S. The lowest BCUT2D eigenvalue weighted by molar-refractivity contribution is -0.119. The summed E-state index contributed by atoms with van der Waals surface area (Å²) in [4.78, 5) is 14.8. The molecule has 6 heteroatoms. The van der Waals surface area contributed by atoms with E-state index in [9.17, 15) is 4.79 Å². The highest BCUT2D eigenvalue weighted by atomic mass is 32.1. The number of aromatic nitrogens is 2. The SMILES string of the molecule is CC(=O)N[C@@H](CS)c1nc(C)no1. The van der Waals surface area contributed by atoms with Gasteiger partial charge in [0.1, 0.15) is 6.04 Å². The Labute approximate surface area is 81.3 Å². The van der Waals surface area contributed by atoms with Crippen molar-refractivity contribution in [2.75, 3.05) is 5.75 Å². The fourth-order valence-electron chi connectivity index (χ4n) is 0.885. The molecule has 0 saturated heterocycles. The van der Waals surface area contributed by atoms with E-state index in [4.69, 9.17) is 4.52 Å². The number of nitrogens with one attached hydrogen (secondary N) is 1. The van der Waals surface area contributed by atoms with Crippen LogP contribution in [-0.2, 0) is 4.79 Å². The first-order valence-electron chi connectivity index (χ1n) is 3.81. The minimum absolute atomic E-state index is 0.144. The van der Waals surface area contributed by atoms with Crippen LogP contribution in [0.25, 0.3) is 0 Å². The smallest absolute Gasteiger partial charge is 0.250 e. The van der Waals surface area contributed by atoms with Crippen molar-refractivity contribution in [2.24, 2.45) is 0 Å². The molecule has 0 spiro atoms. The molecule has 0 fully saturated rings. The Kier molecular flexibility index (Phi) is 3.30. The van der Waals surface area contributed by atoms with Crippen molar-refractivity contribution in [3.8, 4) is 0 Å². The molecule has 1 amide bonds. The molecule has 1 aromatic rings. The topological polar surface area (TPSA) is 68.0 Å². The molecule has 0 unspecified atom stereocenters. The summed E-state index contributed by atoms with van der Waals surface area (Å²) in [6, 6.07) is -0.304. The van der Waals surface area contributed by atoms with Gasteiger partial charge in [-0.25, -0.2) is 0 Å². The van der Waals surface area contributed by atoms with Gasteiger partial charge in [-0.2, -0.15) is 17.6 Å². The van der Waals surface area contributed by atoms with E-state index in [1.54, 1.807) is 6.92 Å². The summed E-state index contributed by atoms with van der Waals surface area (Å²) >= 11 is 4.07. The lowest BCUT2D eigenvalue weighted by atomic mass is 10.3. The molecular weight excluding hydrogens is 190 g/mol. The van der Waals surface area contributed by atoms with Gasteiger partial charge in [0.25, 0.3) is 0 Å². The molecule has 0 aliphatic rings. The second-order valence-electron chi connectivity index (χ2n) is 2.62. The summed E-state index contributed by atoms with van der Waals surface area (Å²) in [5.41, 5.74) is 0. The standard InChI is InChI=1S/C7H11N3O2S/c1-4-8-7(12-10-4)6(3-13)9-5(2)11/h6,13H,3H2,1-2H3,(H,9,11)/t6-/m0/s1. The van der Waals surface area contributed by atoms with Crippen LogP contribution in [0.3, 0.4) is 0 Å². The van der Waals surface area contributed by atoms with Gasteiger partial charge < -0.3 is 9.84 Å². The maximum absolute atomic E-state index is 10.8. The first-order chi connectivity index (χ1) is 6.13. The lowest BCUT2D eigenvalue weighted by Gasteiger charge is -2.09. The number of aryl methyl sites for hydroxylation is 1. The number of rotatable bonds is 3. The Morgan fingerprint density at radius 1 is 1.77 bits per heavy atom. The summed E-state index contributed by atoms with van der Waals surface area (Å²) < 4.78 is 4.89. The molecule has 1 rings (SSSR count). The number of hydrogen-bond acceptors (Lipinski definition) is 5. The van der Waals surface area contributed by atoms with E-state index in [1.165, 1.54) is 6.92 Å². The number of nitrogens with zero attached hydrogens (tertiary/aromatic N) is 2. The summed E-state index contributed by atoms with van der Waals surface area (Å²) in [6.07, 6.45) is 0. The van der Waals surface area contributed by atoms with E-state index in [1.807, 2.05) is 0 Å². The van der Waals surface area contributed by atoms with Crippen LogP contribution in [0.5, 0.6) is 0 Å². The number of hydrogen-bond donors (Lipinski definition) is 2. The van der Waals surface area contributed by atoms with Gasteiger partial charge >= 0.3 is 0 Å². The average molecular weight is 201 g/mol. The van der Waals surface area contributed by atoms with Crippen molar-refractivity contribution in [2.45, 2.75) is 19.9 Å². The van der Waals surface area contributed by atoms with E-state index < -0.39 is 0 Å². The van der Waals surface area contributed by atoms with E-state index in [0.29, 0.717) is 17.5 Å². The summed E-state index contributed by atoms with van der Waals surface area (Å²) in [5, 5.41) is 6.27. The molecule has 5 nitrogen and oxygen atoms in total. The zero-order valence-corrected chi connectivity index (χ0v) is 8.34. The van der Waals surface area contributed by atoms with Gasteiger partial charge in [0, 0.05) is 12.7 Å². The van der Waals surface area contributed by atoms with Crippen LogP contribution in [-0.4, -0.2) is 21.8 Å². The van der Waals surface area contributed by atoms with E-state index in [0.717, 1.165) is 0 Å². The van der Waals surface area contributed by atoms with Crippen molar-refractivity contribution >= 4 is 18.5 Å². The number of carbonyl (C=O) groups is 1. The Hall–Kier alpha value is -1.04. The van der Waals surface area contributed by atoms with Gasteiger partial charge in [-0.1, -0.05) is 5.16 Å². The molecule has 1 atom stereocenters. The van der Waals surface area contributed by atoms with Crippen LogP contribution in [0.4, 0.5) is 0 Å². The van der Waals surface area contributed by atoms with Crippen LogP contribution in [0.1, 0.15) is 24.7 Å². The summed E-state index contributed by atoms with van der Waals surface area (Å²) in [5.74, 6) is 1.23. The van der Waals surface area contributed by atoms with Gasteiger partial charge in [0.2, 0.25) is 11.8 Å². The molecule has 0 aliphatic carbocycles. The Bertz CT molecular complexity index is 300. The second kappa shape index (κ2) is 4.27. The van der Waals surface area contributed by atoms with Gasteiger partial charge in [-0.05, 0) is 6.92 Å². The first kappa shape index (κ1) is 10.0. The fourth-order valence-corrected chi connectivity index (χ4v) is 1.13. The highest BCUT2D eigenvalue weighted by Crippen LogP contribution is 2.11. The van der Waals surface area contributed by atoms with Crippen molar-refractivity contribution in [3.05, 3.63) is 11.7 Å². The van der Waals surface area contributed by atoms with Crippen molar-refractivity contribution in [3.63, 3.8) is 0 Å². The highest BCUT2D eigenvalue weighted by molar-refractivity contribution is 7.80. The maximum atomic E-state index is 10.8. The van der Waals surface area contributed by atoms with Crippen molar-refractivity contribution in [1.29, 1.82) is 0 Å². The minimum atomic E-state index is -0.304. The van der Waals surface area contributed by atoms with E-state index >= 15 is 0 Å². The lowest BCUT2D eigenvalue weighted by Crippen LogP contribution is -2.27. The molecule has 1 heterocycles. The van der Waals surface area contributed by atoms with Gasteiger partial charge in [0.05, 0.1) is 0 Å². The molecule has 0 bridgehead atoms. The van der Waals surface area contributed by atoms with Crippen LogP contribution in [0, 0.1) is 6.92 Å². The molecule has 1 aromatic heterocycles. The third kappa shape index (κ3) is 2.73. The maximum Gasteiger partial charge on any atom is 0.250 e. The third-order valence-corrected chi connectivity index (χ3v) is 1.77. The fraction of sp³-hybridized carbons (Fsp3) is 0.571. The Morgan fingerprint density at radius 2 is 2.46 bits per heavy atom. The third-order valence-electron chi connectivity index (χ3n) is 1.40. The summed E-state index contributed by atoms with van der Waals surface area (Å²) in [6.45, 7) is 3.15. The molecule has 72 valence electrons. The molecule has 0 aromatic carbocycles. The largest absolute Gasteiger partial charge is 0.344 e. The zero-order valence-electron chi connectivity index (χ0n) is 7.44. The van der Waals surface area contributed by atoms with Gasteiger partial charge in [0.15, 0.2) is 5.82 Å². The molecule has 0 aliphatic heterocycles. The van der Waals surface area contributed by atoms with Crippen LogP contribution >= 0.6 is 12.6 Å². The van der Waals surface area contributed by atoms with Gasteiger partial charge in [-0.15, -0.1) is 0 Å². The second-order valence-corrected chi connectivity index (χ2v) is 2.98. The number of amides is 1. The number of thiol groups is 1. The highest BCUT2D eigenvalue weighted by Gasteiger charge is 2.16. The van der Waals surface area contributed by atoms with E-state index in [2.05, 4.69) is 28.1 Å². The quantitative estimate of drug-likeness (QED) is 0.698.